The fourth-order valence-corrected chi connectivity index (χ4v) is 10.7. The van der Waals surface area contributed by atoms with Crippen molar-refractivity contribution in [2.24, 2.45) is 0 Å². The van der Waals surface area contributed by atoms with E-state index in [4.69, 9.17) is 16.9 Å². The maximum absolute atomic E-state index is 13.7. The maximum atomic E-state index is 13.7. The average molecular weight is 553 g/mol. The lowest BCUT2D eigenvalue weighted by molar-refractivity contribution is 0.230. The van der Waals surface area contributed by atoms with Crippen molar-refractivity contribution in [1.82, 2.24) is 0 Å². The Morgan fingerprint density at radius 1 is 0.931 bits per heavy atom. The number of hydrogen-bond acceptors (Lipinski definition) is 7. The van der Waals surface area contributed by atoms with Gasteiger partial charge in [-0.05, 0) is 52.8 Å². The van der Waals surface area contributed by atoms with Gasteiger partial charge in [-0.15, -0.1) is 22.7 Å². The van der Waals surface area contributed by atoms with E-state index in [2.05, 4.69) is 15.9 Å². The van der Waals surface area contributed by atoms with Crippen LogP contribution in [0.25, 0.3) is 19.5 Å². The van der Waals surface area contributed by atoms with Gasteiger partial charge in [0.05, 0.1) is 37.4 Å². The Bertz CT molecular complexity index is 1110. The molecule has 3 rings (SSSR count). The minimum Gasteiger partial charge on any atom is -0.321 e. The molecular weight excluding hydrogens is 537 g/mol. The van der Waals surface area contributed by atoms with Crippen LogP contribution in [0, 0.1) is 0 Å². The summed E-state index contributed by atoms with van der Waals surface area (Å²) in [7, 11) is -3.02. The molecule has 3 aromatic heterocycles. The standard InChI is InChI=1S/C16H16BBrO6P2S3/c1-3-23-26(22,24-4-2)14-13(25(19,20)21)15(9-5-7-11(17)27-9)29-16(14)10-6-8-12(18)28-10/h5-8H,3-4H2,1-2H3,(H2,19,20,21). The fraction of sp³-hybridized carbons (Fsp3) is 0.250. The lowest BCUT2D eigenvalue weighted by atomic mass is 10.1. The quantitative estimate of drug-likeness (QED) is 0.317. The Morgan fingerprint density at radius 3 is 1.93 bits per heavy atom. The Balaban J connectivity index is 2.43. The molecule has 6 nitrogen and oxygen atoms in total. The number of hydrogen-bond donors (Lipinski definition) is 2. The first-order valence-electron chi connectivity index (χ1n) is 8.34. The van der Waals surface area contributed by atoms with Gasteiger partial charge in [-0.3, -0.25) is 9.13 Å². The zero-order valence-electron chi connectivity index (χ0n) is 15.3. The van der Waals surface area contributed by atoms with Gasteiger partial charge < -0.3 is 18.8 Å². The molecule has 0 spiro atoms. The van der Waals surface area contributed by atoms with Crippen molar-refractivity contribution in [2.45, 2.75) is 13.8 Å². The van der Waals surface area contributed by atoms with Crippen LogP contribution < -0.4 is 15.4 Å². The summed E-state index contributed by atoms with van der Waals surface area (Å²) in [5.41, 5.74) is 0. The summed E-state index contributed by atoms with van der Waals surface area (Å²) in [6.07, 6.45) is 0. The molecule has 0 bridgehead atoms. The van der Waals surface area contributed by atoms with Crippen LogP contribution in [0.5, 0.6) is 0 Å². The molecule has 13 heteroatoms. The van der Waals surface area contributed by atoms with Gasteiger partial charge in [0.15, 0.2) is 0 Å². The number of thiophene rings is 3. The number of halogens is 1. The normalized spacial score (nSPS) is 12.6. The van der Waals surface area contributed by atoms with Crippen molar-refractivity contribution in [2.75, 3.05) is 13.2 Å². The second kappa shape index (κ2) is 9.21. The molecule has 2 N–H and O–H groups in total. The molecule has 0 aliphatic carbocycles. The lowest BCUT2D eigenvalue weighted by Crippen LogP contribution is -2.26. The van der Waals surface area contributed by atoms with E-state index in [1.807, 2.05) is 6.07 Å². The summed E-state index contributed by atoms with van der Waals surface area (Å²) in [6.45, 7) is 3.42. The van der Waals surface area contributed by atoms with Crippen molar-refractivity contribution < 1.29 is 28.0 Å². The third-order valence-electron chi connectivity index (χ3n) is 3.67. The molecule has 3 aromatic rings. The van der Waals surface area contributed by atoms with E-state index in [9.17, 15) is 18.9 Å². The van der Waals surface area contributed by atoms with Gasteiger partial charge in [-0.1, -0.05) is 6.07 Å². The Hall–Kier alpha value is -0.0551. The molecule has 0 aliphatic rings. The summed E-state index contributed by atoms with van der Waals surface area (Å²) in [6, 6.07) is 6.96. The first-order valence-corrected chi connectivity index (χ1v) is 14.7. The lowest BCUT2D eigenvalue weighted by Gasteiger charge is -2.20. The molecule has 0 aromatic carbocycles. The van der Waals surface area contributed by atoms with E-state index < -0.39 is 15.2 Å². The molecule has 154 valence electrons. The van der Waals surface area contributed by atoms with Gasteiger partial charge in [-0.25, -0.2) is 0 Å². The van der Waals surface area contributed by atoms with Crippen molar-refractivity contribution >= 4 is 88.4 Å². The van der Waals surface area contributed by atoms with Crippen molar-refractivity contribution in [3.05, 3.63) is 28.1 Å². The molecule has 0 aliphatic heterocycles. The summed E-state index contributed by atoms with van der Waals surface area (Å²) in [4.78, 5) is 22.5. The van der Waals surface area contributed by atoms with E-state index in [0.717, 1.165) is 15.1 Å². The van der Waals surface area contributed by atoms with Gasteiger partial charge in [0.1, 0.15) is 7.85 Å². The summed E-state index contributed by atoms with van der Waals surface area (Å²) in [5.74, 6) is 0. The zero-order valence-corrected chi connectivity index (χ0v) is 21.1. The van der Waals surface area contributed by atoms with Gasteiger partial charge in [0.25, 0.3) is 0 Å². The Kier molecular flexibility index (Phi) is 7.49. The first kappa shape index (κ1) is 23.6. The van der Waals surface area contributed by atoms with Crippen LogP contribution in [-0.2, 0) is 18.2 Å². The van der Waals surface area contributed by atoms with Crippen molar-refractivity contribution in [1.29, 1.82) is 0 Å². The highest BCUT2D eigenvalue weighted by Gasteiger charge is 2.43. The van der Waals surface area contributed by atoms with Gasteiger partial charge in [0, 0.05) is 9.75 Å². The summed E-state index contributed by atoms with van der Waals surface area (Å²) >= 11 is 7.11. The van der Waals surface area contributed by atoms with E-state index >= 15 is 0 Å². The van der Waals surface area contributed by atoms with Crippen LogP contribution >= 0.6 is 65.1 Å². The summed E-state index contributed by atoms with van der Waals surface area (Å²) in [5, 5.41) is -0.398. The second-order valence-electron chi connectivity index (χ2n) is 5.64. The van der Waals surface area contributed by atoms with Gasteiger partial charge in [0.2, 0.25) is 0 Å². The molecule has 0 saturated heterocycles. The highest BCUT2D eigenvalue weighted by atomic mass is 79.9. The van der Waals surface area contributed by atoms with Crippen LogP contribution in [0.3, 0.4) is 0 Å². The number of rotatable bonds is 8. The first-order chi connectivity index (χ1) is 13.6. The molecule has 0 unspecified atom stereocenters. The average Bonchev–Trinajstić information content (AvgIpc) is 3.32. The van der Waals surface area contributed by atoms with E-state index in [0.29, 0.717) is 24.3 Å². The molecule has 0 fully saturated rings. The SMILES string of the molecule is [B]c1ccc(-c2sc(-c3ccc(Br)s3)c(P(=O)(OCC)OCC)c2P(=O)(O)O)s1. The fourth-order valence-electron chi connectivity index (χ4n) is 2.69. The Morgan fingerprint density at radius 2 is 1.48 bits per heavy atom. The molecule has 3 heterocycles. The van der Waals surface area contributed by atoms with Crippen molar-refractivity contribution in [3.8, 4) is 19.5 Å². The molecular formula is C16H16BBrO6P2S3. The minimum absolute atomic E-state index is 0.0581. The van der Waals surface area contributed by atoms with Crippen LogP contribution in [0.2, 0.25) is 0 Å². The van der Waals surface area contributed by atoms with Crippen LogP contribution in [0.1, 0.15) is 13.8 Å². The van der Waals surface area contributed by atoms with Crippen LogP contribution in [0.15, 0.2) is 28.1 Å². The highest BCUT2D eigenvalue weighted by Crippen LogP contribution is 2.56. The van der Waals surface area contributed by atoms with Crippen molar-refractivity contribution in [3.63, 3.8) is 0 Å². The zero-order chi connectivity index (χ0) is 21.4. The van der Waals surface area contributed by atoms with E-state index in [1.54, 1.807) is 32.0 Å². The van der Waals surface area contributed by atoms with Gasteiger partial charge in [-0.2, -0.15) is 11.3 Å². The monoisotopic (exact) mass is 552 g/mol. The van der Waals surface area contributed by atoms with E-state index in [1.165, 1.54) is 22.7 Å². The largest absolute Gasteiger partial charge is 0.363 e. The Labute approximate surface area is 190 Å². The summed E-state index contributed by atoms with van der Waals surface area (Å²) < 4.78 is 38.6. The van der Waals surface area contributed by atoms with E-state index in [-0.39, 0.29) is 23.8 Å². The smallest absolute Gasteiger partial charge is 0.321 e. The second-order valence-corrected chi connectivity index (χ2v) is 13.7. The molecule has 0 amide bonds. The minimum atomic E-state index is -4.85. The van der Waals surface area contributed by atoms with Crippen LogP contribution in [0.4, 0.5) is 0 Å². The van der Waals surface area contributed by atoms with Gasteiger partial charge >= 0.3 is 15.2 Å². The molecule has 0 atom stereocenters. The third-order valence-corrected chi connectivity index (χ3v) is 11.5. The molecule has 29 heavy (non-hydrogen) atoms. The predicted octanol–water partition coefficient (Wildman–Crippen LogP) is 4.46. The maximum Gasteiger partial charge on any atom is 0.363 e. The highest BCUT2D eigenvalue weighted by molar-refractivity contribution is 9.11. The topological polar surface area (TPSA) is 93.1 Å². The van der Waals surface area contributed by atoms with Crippen LogP contribution in [-0.4, -0.2) is 30.8 Å². The third kappa shape index (κ3) is 4.90. The predicted molar refractivity (Wildman–Crippen MR) is 126 cm³/mol. The molecule has 2 radical (unpaired) electrons. The molecule has 0 saturated carbocycles.